The Kier molecular flexibility index (Phi) is 2.79. The number of hydrogen-bond acceptors (Lipinski definition) is 4. The van der Waals surface area contributed by atoms with Crippen LogP contribution in [0.5, 0.6) is 0 Å². The predicted octanol–water partition coefficient (Wildman–Crippen LogP) is 1.92. The van der Waals surface area contributed by atoms with Crippen molar-refractivity contribution in [3.05, 3.63) is 35.8 Å². The minimum absolute atomic E-state index is 0.0370. The molecule has 21 heavy (non-hydrogen) atoms. The number of cyclic esters (lactones) is 1. The predicted molar refractivity (Wildman–Crippen MR) is 77.9 cm³/mol. The number of esters is 1. The first kappa shape index (κ1) is 12.8. The summed E-state index contributed by atoms with van der Waals surface area (Å²) in [6.07, 6.45) is 6.82. The van der Waals surface area contributed by atoms with Gasteiger partial charge in [0.1, 0.15) is 11.2 Å². The lowest BCUT2D eigenvalue weighted by molar-refractivity contribution is -0.147. The maximum Gasteiger partial charge on any atom is 0.326 e. The molecule has 5 nitrogen and oxygen atoms in total. The highest BCUT2D eigenvalue weighted by Gasteiger charge is 2.51. The van der Waals surface area contributed by atoms with Crippen LogP contribution in [0, 0.1) is 6.92 Å². The number of imidazole rings is 1. The molecule has 1 spiro atoms. The summed E-state index contributed by atoms with van der Waals surface area (Å²) in [6, 6.07) is 4.10. The van der Waals surface area contributed by atoms with Crippen LogP contribution in [-0.2, 0) is 16.1 Å². The van der Waals surface area contributed by atoms with Crippen molar-refractivity contribution >= 4 is 11.6 Å². The normalized spacial score (nSPS) is 26.0. The van der Waals surface area contributed by atoms with E-state index in [1.807, 2.05) is 12.3 Å². The van der Waals surface area contributed by atoms with E-state index in [-0.39, 0.29) is 11.5 Å². The molecule has 2 aliphatic heterocycles. The van der Waals surface area contributed by atoms with Gasteiger partial charge in [-0.3, -0.25) is 9.69 Å². The molecular formula is C16H19N3O2. The van der Waals surface area contributed by atoms with Gasteiger partial charge in [0.15, 0.2) is 0 Å². The zero-order valence-corrected chi connectivity index (χ0v) is 12.2. The molecule has 4 heterocycles. The van der Waals surface area contributed by atoms with E-state index in [4.69, 9.17) is 4.74 Å². The standard InChI is InChI=1S/C16H19N3O2/c1-12-3-4-14-17-9-13(19(14)10-12)11-18-7-2-5-16(18)6-8-21-15(16)20/h3-4,9-10H,2,5-8,11H2,1H3. The average molecular weight is 285 g/mol. The van der Waals surface area contributed by atoms with Crippen LogP contribution in [0.2, 0.25) is 0 Å². The highest BCUT2D eigenvalue weighted by atomic mass is 16.5. The van der Waals surface area contributed by atoms with Crippen LogP contribution in [0.15, 0.2) is 24.5 Å². The number of carbonyl (C=O) groups excluding carboxylic acids is 1. The molecule has 0 aromatic carbocycles. The minimum atomic E-state index is -0.381. The molecule has 0 bridgehead atoms. The molecule has 0 N–H and O–H groups in total. The van der Waals surface area contributed by atoms with Crippen molar-refractivity contribution in [1.29, 1.82) is 0 Å². The van der Waals surface area contributed by atoms with Crippen LogP contribution < -0.4 is 0 Å². The molecule has 0 radical (unpaired) electrons. The van der Waals surface area contributed by atoms with Gasteiger partial charge < -0.3 is 9.14 Å². The summed E-state index contributed by atoms with van der Waals surface area (Å²) >= 11 is 0. The Morgan fingerprint density at radius 1 is 1.38 bits per heavy atom. The molecule has 0 amide bonds. The lowest BCUT2D eigenvalue weighted by Gasteiger charge is -2.30. The van der Waals surface area contributed by atoms with Crippen molar-refractivity contribution in [2.24, 2.45) is 0 Å². The molecule has 4 rings (SSSR count). The van der Waals surface area contributed by atoms with Crippen molar-refractivity contribution in [3.8, 4) is 0 Å². The van der Waals surface area contributed by atoms with E-state index in [0.29, 0.717) is 6.61 Å². The van der Waals surface area contributed by atoms with Crippen LogP contribution in [-0.4, -0.2) is 38.9 Å². The third-order valence-corrected chi connectivity index (χ3v) is 4.84. The SMILES string of the molecule is Cc1ccc2ncc(CN3CCCC34CCOC4=O)n2c1. The average Bonchev–Trinajstić information content (AvgIpc) is 3.15. The van der Waals surface area contributed by atoms with Crippen LogP contribution >= 0.6 is 0 Å². The summed E-state index contributed by atoms with van der Waals surface area (Å²) in [5.41, 5.74) is 2.92. The molecule has 2 aromatic rings. The van der Waals surface area contributed by atoms with Gasteiger partial charge in [0.05, 0.1) is 18.5 Å². The van der Waals surface area contributed by atoms with Gasteiger partial charge in [-0.15, -0.1) is 0 Å². The van der Waals surface area contributed by atoms with Gasteiger partial charge in [-0.1, -0.05) is 6.07 Å². The van der Waals surface area contributed by atoms with Gasteiger partial charge >= 0.3 is 5.97 Å². The number of nitrogens with zero attached hydrogens (tertiary/aromatic N) is 3. The van der Waals surface area contributed by atoms with Crippen LogP contribution in [0.4, 0.5) is 0 Å². The lowest BCUT2D eigenvalue weighted by Crippen LogP contribution is -2.47. The first-order chi connectivity index (χ1) is 10.2. The molecule has 5 heteroatoms. The van der Waals surface area contributed by atoms with Gasteiger partial charge in [-0.05, 0) is 37.9 Å². The maximum absolute atomic E-state index is 12.2. The fourth-order valence-corrected chi connectivity index (χ4v) is 3.68. The fraction of sp³-hybridized carbons (Fsp3) is 0.500. The molecule has 2 fully saturated rings. The Balaban J connectivity index is 1.68. The molecule has 0 saturated carbocycles. The quantitative estimate of drug-likeness (QED) is 0.791. The van der Waals surface area contributed by atoms with Crippen LogP contribution in [0.3, 0.4) is 0 Å². The molecule has 2 saturated heterocycles. The third-order valence-electron chi connectivity index (χ3n) is 4.84. The van der Waals surface area contributed by atoms with Crippen molar-refractivity contribution in [2.45, 2.75) is 38.3 Å². The zero-order chi connectivity index (χ0) is 14.4. The Morgan fingerprint density at radius 3 is 3.10 bits per heavy atom. The number of hydrogen-bond donors (Lipinski definition) is 0. The van der Waals surface area contributed by atoms with Crippen molar-refractivity contribution in [1.82, 2.24) is 14.3 Å². The van der Waals surface area contributed by atoms with E-state index in [1.165, 1.54) is 5.56 Å². The van der Waals surface area contributed by atoms with E-state index in [1.54, 1.807) is 0 Å². The van der Waals surface area contributed by atoms with Crippen LogP contribution in [0.1, 0.15) is 30.5 Å². The molecular weight excluding hydrogens is 266 g/mol. The highest BCUT2D eigenvalue weighted by molar-refractivity contribution is 5.83. The number of rotatable bonds is 2. The number of likely N-dealkylation sites (tertiary alicyclic amines) is 1. The molecule has 0 aliphatic carbocycles. The monoisotopic (exact) mass is 285 g/mol. The number of aromatic nitrogens is 2. The van der Waals surface area contributed by atoms with E-state index in [2.05, 4.69) is 33.5 Å². The topological polar surface area (TPSA) is 46.8 Å². The molecule has 2 aliphatic rings. The first-order valence-electron chi connectivity index (χ1n) is 7.54. The van der Waals surface area contributed by atoms with E-state index >= 15 is 0 Å². The van der Waals surface area contributed by atoms with Gasteiger partial charge in [0.2, 0.25) is 0 Å². The second kappa shape index (κ2) is 4.56. The molecule has 110 valence electrons. The van der Waals surface area contributed by atoms with E-state index in [0.717, 1.165) is 43.7 Å². The zero-order valence-electron chi connectivity index (χ0n) is 12.2. The Bertz CT molecular complexity index is 705. The summed E-state index contributed by atoms with van der Waals surface area (Å²) in [5, 5.41) is 0. The van der Waals surface area contributed by atoms with Crippen molar-refractivity contribution < 1.29 is 9.53 Å². The van der Waals surface area contributed by atoms with Gasteiger partial charge in [-0.2, -0.15) is 0 Å². The van der Waals surface area contributed by atoms with Crippen molar-refractivity contribution in [3.63, 3.8) is 0 Å². The number of carbonyl (C=O) groups is 1. The summed E-state index contributed by atoms with van der Waals surface area (Å²) in [5.74, 6) is -0.0370. The molecule has 1 atom stereocenters. The van der Waals surface area contributed by atoms with Gasteiger partial charge in [-0.25, -0.2) is 4.98 Å². The van der Waals surface area contributed by atoms with Crippen molar-refractivity contribution in [2.75, 3.05) is 13.2 Å². The Hall–Kier alpha value is -1.88. The third kappa shape index (κ3) is 1.87. The number of fused-ring (bicyclic) bond motifs is 1. The Labute approximate surface area is 123 Å². The van der Waals surface area contributed by atoms with E-state index < -0.39 is 0 Å². The maximum atomic E-state index is 12.2. The first-order valence-corrected chi connectivity index (χ1v) is 7.54. The van der Waals surface area contributed by atoms with E-state index in [9.17, 15) is 4.79 Å². The number of pyridine rings is 1. The Morgan fingerprint density at radius 2 is 2.29 bits per heavy atom. The number of aryl methyl sites for hydroxylation is 1. The summed E-state index contributed by atoms with van der Waals surface area (Å²) in [7, 11) is 0. The summed E-state index contributed by atoms with van der Waals surface area (Å²) in [6.45, 7) is 4.34. The second-order valence-corrected chi connectivity index (χ2v) is 6.13. The second-order valence-electron chi connectivity index (χ2n) is 6.13. The number of ether oxygens (including phenoxy) is 1. The van der Waals surface area contributed by atoms with Gasteiger partial charge in [0.25, 0.3) is 0 Å². The lowest BCUT2D eigenvalue weighted by atomic mass is 9.94. The molecule has 1 unspecified atom stereocenters. The smallest absolute Gasteiger partial charge is 0.326 e. The minimum Gasteiger partial charge on any atom is -0.464 e. The highest BCUT2D eigenvalue weighted by Crippen LogP contribution is 2.38. The van der Waals surface area contributed by atoms with Crippen LogP contribution in [0.25, 0.3) is 5.65 Å². The summed E-state index contributed by atoms with van der Waals surface area (Å²) in [4.78, 5) is 18.9. The van der Waals surface area contributed by atoms with Gasteiger partial charge in [0, 0.05) is 19.2 Å². The largest absolute Gasteiger partial charge is 0.464 e. The summed E-state index contributed by atoms with van der Waals surface area (Å²) < 4.78 is 7.37. The molecule has 2 aromatic heterocycles. The fourth-order valence-electron chi connectivity index (χ4n) is 3.68.